The van der Waals surface area contributed by atoms with Crippen LogP contribution in [0, 0.1) is 0 Å². The largest absolute Gasteiger partial charge is 0.313 e. The van der Waals surface area contributed by atoms with E-state index < -0.39 is 0 Å². The minimum absolute atomic E-state index is 1.05. The maximum Gasteiger partial charge on any atom is 0.0541 e. The number of nitrogens with zero attached hydrogens (tertiary/aromatic N) is 2. The van der Waals surface area contributed by atoms with Crippen LogP contribution in [0.3, 0.4) is 0 Å². The topological polar surface area (TPSA) is 27.6 Å². The van der Waals surface area contributed by atoms with E-state index in [1.54, 1.807) is 7.05 Å². The highest BCUT2D eigenvalue weighted by molar-refractivity contribution is 5.84. The molecule has 1 N–H and O–H groups in total. The van der Waals surface area contributed by atoms with Gasteiger partial charge in [-0.3, -0.25) is 0 Å². The van der Waals surface area contributed by atoms with Crippen LogP contribution in [0.5, 0.6) is 0 Å². The highest BCUT2D eigenvalue weighted by Gasteiger charge is 2.11. The van der Waals surface area contributed by atoms with Crippen LogP contribution in [0.25, 0.3) is 0 Å². The van der Waals surface area contributed by atoms with E-state index in [1.807, 2.05) is 30.5 Å². The van der Waals surface area contributed by atoms with Crippen molar-refractivity contribution < 1.29 is 0 Å². The van der Waals surface area contributed by atoms with E-state index in [0.717, 1.165) is 22.6 Å². The minimum atomic E-state index is 1.05. The third-order valence-electron chi connectivity index (χ3n) is 3.50. The van der Waals surface area contributed by atoms with Gasteiger partial charge in [0, 0.05) is 24.1 Å². The molecule has 0 spiro atoms. The molecule has 0 aromatic heterocycles. The van der Waals surface area contributed by atoms with Crippen molar-refractivity contribution in [2.45, 2.75) is 0 Å². The molecule has 3 nitrogen and oxygen atoms in total. The Kier molecular flexibility index (Phi) is 4.69. The molecule has 3 heteroatoms. The Labute approximate surface area is 136 Å². The van der Waals surface area contributed by atoms with Gasteiger partial charge in [0.15, 0.2) is 0 Å². The van der Waals surface area contributed by atoms with Gasteiger partial charge in [-0.05, 0) is 42.0 Å². The van der Waals surface area contributed by atoms with E-state index in [0.29, 0.717) is 0 Å². The fourth-order valence-corrected chi connectivity index (χ4v) is 2.48. The third-order valence-corrected chi connectivity index (χ3v) is 3.50. The van der Waals surface area contributed by atoms with Crippen LogP contribution in [0.4, 0.5) is 17.1 Å². The molecule has 3 aromatic rings. The van der Waals surface area contributed by atoms with Crippen LogP contribution >= 0.6 is 0 Å². The standard InChI is InChI=1S/C20H19N3/c1-21-22-16-17-9-8-14-20(15-17)23(18-10-4-2-5-11-18)19-12-6-3-7-13-19/h2-16,21H,1H3/b22-16+. The average Bonchev–Trinajstić information content (AvgIpc) is 2.62. The Morgan fingerprint density at radius 2 is 1.30 bits per heavy atom. The molecule has 0 unspecified atom stereocenters. The van der Waals surface area contributed by atoms with Crippen molar-refractivity contribution in [2.24, 2.45) is 5.10 Å². The van der Waals surface area contributed by atoms with E-state index in [1.165, 1.54) is 0 Å². The van der Waals surface area contributed by atoms with Crippen molar-refractivity contribution in [1.82, 2.24) is 5.43 Å². The summed E-state index contributed by atoms with van der Waals surface area (Å²) in [6, 6.07) is 29.0. The molecular formula is C20H19N3. The summed E-state index contributed by atoms with van der Waals surface area (Å²) in [6.07, 6.45) is 1.82. The molecule has 23 heavy (non-hydrogen) atoms. The lowest BCUT2D eigenvalue weighted by Gasteiger charge is -2.25. The Morgan fingerprint density at radius 1 is 0.739 bits per heavy atom. The first-order valence-electron chi connectivity index (χ1n) is 7.58. The summed E-state index contributed by atoms with van der Waals surface area (Å²) in [4.78, 5) is 2.23. The first kappa shape index (κ1) is 14.9. The summed E-state index contributed by atoms with van der Waals surface area (Å²) < 4.78 is 0. The van der Waals surface area contributed by atoms with Gasteiger partial charge < -0.3 is 10.3 Å². The predicted molar refractivity (Wildman–Crippen MR) is 97.8 cm³/mol. The molecule has 0 heterocycles. The first-order valence-corrected chi connectivity index (χ1v) is 7.58. The number of rotatable bonds is 5. The zero-order valence-electron chi connectivity index (χ0n) is 13.1. The van der Waals surface area contributed by atoms with Crippen molar-refractivity contribution in [1.29, 1.82) is 0 Å². The highest BCUT2D eigenvalue weighted by Crippen LogP contribution is 2.34. The molecule has 0 fully saturated rings. The van der Waals surface area contributed by atoms with Gasteiger partial charge in [-0.1, -0.05) is 48.5 Å². The Balaban J connectivity index is 2.07. The summed E-state index contributed by atoms with van der Waals surface area (Å²) in [5, 5.41) is 4.09. The third kappa shape index (κ3) is 3.58. The Morgan fingerprint density at radius 3 is 1.87 bits per heavy atom. The smallest absolute Gasteiger partial charge is 0.0541 e. The van der Waals surface area contributed by atoms with E-state index in [4.69, 9.17) is 0 Å². The van der Waals surface area contributed by atoms with Gasteiger partial charge >= 0.3 is 0 Å². The SMILES string of the molecule is CN/N=C/c1cccc(N(c2ccccc2)c2ccccc2)c1. The minimum Gasteiger partial charge on any atom is -0.313 e. The van der Waals surface area contributed by atoms with Crippen LogP contribution in [-0.2, 0) is 0 Å². The Hall–Kier alpha value is -3.07. The Bertz CT molecular complexity index is 728. The molecule has 0 aliphatic carbocycles. The lowest BCUT2D eigenvalue weighted by atomic mass is 10.1. The summed E-state index contributed by atoms with van der Waals surface area (Å²) in [6.45, 7) is 0. The summed E-state index contributed by atoms with van der Waals surface area (Å²) in [5.74, 6) is 0. The van der Waals surface area contributed by atoms with Crippen molar-refractivity contribution in [3.05, 3.63) is 90.5 Å². The second-order valence-corrected chi connectivity index (χ2v) is 5.08. The van der Waals surface area contributed by atoms with Gasteiger partial charge in [0.05, 0.1) is 6.21 Å². The van der Waals surface area contributed by atoms with Gasteiger partial charge in [0.2, 0.25) is 0 Å². The number of hydrogen-bond donors (Lipinski definition) is 1. The molecular weight excluding hydrogens is 282 g/mol. The maximum atomic E-state index is 4.09. The van der Waals surface area contributed by atoms with Crippen molar-refractivity contribution in [3.8, 4) is 0 Å². The van der Waals surface area contributed by atoms with Crippen LogP contribution in [0.2, 0.25) is 0 Å². The number of nitrogens with one attached hydrogen (secondary N) is 1. The molecule has 0 bridgehead atoms. The number of hydrazone groups is 1. The molecule has 114 valence electrons. The summed E-state index contributed by atoms with van der Waals surface area (Å²) in [7, 11) is 1.79. The maximum absolute atomic E-state index is 4.09. The van der Waals surface area contributed by atoms with Gasteiger partial charge in [0.1, 0.15) is 0 Å². The molecule has 0 aliphatic heterocycles. The zero-order valence-corrected chi connectivity index (χ0v) is 13.1. The molecule has 0 radical (unpaired) electrons. The molecule has 0 aliphatic rings. The van der Waals surface area contributed by atoms with Crippen LogP contribution < -0.4 is 10.3 Å². The zero-order chi connectivity index (χ0) is 15.9. The van der Waals surface area contributed by atoms with Crippen molar-refractivity contribution in [2.75, 3.05) is 11.9 Å². The second kappa shape index (κ2) is 7.27. The van der Waals surface area contributed by atoms with E-state index in [9.17, 15) is 0 Å². The number of hydrogen-bond acceptors (Lipinski definition) is 3. The quantitative estimate of drug-likeness (QED) is 0.546. The van der Waals surface area contributed by atoms with Gasteiger partial charge in [-0.15, -0.1) is 0 Å². The monoisotopic (exact) mass is 301 g/mol. The second-order valence-electron chi connectivity index (χ2n) is 5.08. The summed E-state index contributed by atoms with van der Waals surface area (Å²) in [5.41, 5.74) is 7.19. The van der Waals surface area contributed by atoms with E-state index >= 15 is 0 Å². The van der Waals surface area contributed by atoms with Crippen molar-refractivity contribution >= 4 is 23.3 Å². The van der Waals surface area contributed by atoms with Crippen LogP contribution in [0.1, 0.15) is 5.56 Å². The number of anilines is 3. The fourth-order valence-electron chi connectivity index (χ4n) is 2.48. The first-order chi connectivity index (χ1) is 11.4. The molecule has 3 rings (SSSR count). The number of para-hydroxylation sites is 2. The van der Waals surface area contributed by atoms with Crippen LogP contribution in [-0.4, -0.2) is 13.3 Å². The fraction of sp³-hybridized carbons (Fsp3) is 0.0500. The summed E-state index contributed by atoms with van der Waals surface area (Å²) >= 11 is 0. The highest BCUT2D eigenvalue weighted by atomic mass is 15.3. The molecule has 0 amide bonds. The van der Waals surface area contributed by atoms with E-state index in [2.05, 4.69) is 76.1 Å². The molecule has 0 saturated carbocycles. The lowest BCUT2D eigenvalue weighted by molar-refractivity contribution is 0.908. The van der Waals surface area contributed by atoms with Gasteiger partial charge in [-0.2, -0.15) is 5.10 Å². The van der Waals surface area contributed by atoms with Gasteiger partial charge in [-0.25, -0.2) is 0 Å². The van der Waals surface area contributed by atoms with Crippen molar-refractivity contribution in [3.63, 3.8) is 0 Å². The normalized spacial score (nSPS) is 10.7. The number of benzene rings is 3. The lowest BCUT2D eigenvalue weighted by Crippen LogP contribution is -2.10. The molecule has 0 atom stereocenters. The molecule has 3 aromatic carbocycles. The molecule has 0 saturated heterocycles. The van der Waals surface area contributed by atoms with E-state index in [-0.39, 0.29) is 0 Å². The van der Waals surface area contributed by atoms with Gasteiger partial charge in [0.25, 0.3) is 0 Å². The predicted octanol–water partition coefficient (Wildman–Crippen LogP) is 4.71. The average molecular weight is 301 g/mol. The van der Waals surface area contributed by atoms with Crippen LogP contribution in [0.15, 0.2) is 90.0 Å².